The average Bonchev–Trinajstić information content (AvgIpc) is 2.34. The first-order valence-electron chi connectivity index (χ1n) is 5.54. The fraction of sp³-hybridized carbons (Fsp3) is 0.500. The van der Waals surface area contributed by atoms with Gasteiger partial charge in [0.2, 0.25) is 0 Å². The minimum Gasteiger partial charge on any atom is -0.423 e. The van der Waals surface area contributed by atoms with E-state index in [9.17, 15) is 0 Å². The Labute approximate surface area is 101 Å². The van der Waals surface area contributed by atoms with Crippen LogP contribution in [0.5, 0.6) is 0 Å². The highest BCUT2D eigenvalue weighted by Crippen LogP contribution is 2.15. The first kappa shape index (κ1) is 13.8. The van der Waals surface area contributed by atoms with Gasteiger partial charge in [-0.05, 0) is 13.0 Å². The molecule has 1 aromatic rings. The minimum absolute atomic E-state index is 0.352. The molecule has 0 saturated heterocycles. The van der Waals surface area contributed by atoms with Crippen LogP contribution in [0.4, 0.5) is 11.5 Å². The average molecular weight is 239 g/mol. The topological polar surface area (TPSA) is 86.6 Å². The third kappa shape index (κ3) is 4.22. The molecule has 0 fully saturated rings. The van der Waals surface area contributed by atoms with Crippen LogP contribution < -0.4 is 16.1 Å². The molecule has 7 heteroatoms. The second-order valence-electron chi connectivity index (χ2n) is 3.41. The summed E-state index contributed by atoms with van der Waals surface area (Å²) in [6.07, 6.45) is 1.43. The smallest absolute Gasteiger partial charge is 0.423 e. The molecule has 94 valence electrons. The molecule has 0 aromatic carbocycles. The Balaban J connectivity index is 2.65. The lowest BCUT2D eigenvalue weighted by Crippen LogP contribution is -2.30. The van der Waals surface area contributed by atoms with E-state index in [-0.39, 0.29) is 0 Å². The molecule has 0 amide bonds. The van der Waals surface area contributed by atoms with Crippen LogP contribution in [0.25, 0.3) is 0 Å². The summed E-state index contributed by atoms with van der Waals surface area (Å²) in [6, 6.07) is 1.64. The van der Waals surface area contributed by atoms with Crippen LogP contribution in [0, 0.1) is 0 Å². The minimum atomic E-state index is -1.51. The molecule has 0 unspecified atom stereocenters. The third-order valence-electron chi connectivity index (χ3n) is 2.22. The van der Waals surface area contributed by atoms with Crippen molar-refractivity contribution in [2.24, 2.45) is 0 Å². The number of pyridine rings is 1. The van der Waals surface area contributed by atoms with Crippen molar-refractivity contribution in [3.8, 4) is 0 Å². The van der Waals surface area contributed by atoms with E-state index in [4.69, 9.17) is 14.8 Å². The fourth-order valence-electron chi connectivity index (χ4n) is 1.34. The van der Waals surface area contributed by atoms with E-state index in [0.717, 1.165) is 0 Å². The van der Waals surface area contributed by atoms with Gasteiger partial charge in [0.15, 0.2) is 0 Å². The van der Waals surface area contributed by atoms with E-state index in [2.05, 4.69) is 15.6 Å². The Kier molecular flexibility index (Phi) is 5.75. The highest BCUT2D eigenvalue weighted by Gasteiger charge is 2.13. The van der Waals surface area contributed by atoms with E-state index in [1.807, 2.05) is 6.92 Å². The first-order chi connectivity index (χ1) is 8.19. The van der Waals surface area contributed by atoms with Crippen molar-refractivity contribution in [1.29, 1.82) is 0 Å². The van der Waals surface area contributed by atoms with Crippen molar-refractivity contribution in [3.63, 3.8) is 0 Å². The molecular formula is C10H18BN3O3. The van der Waals surface area contributed by atoms with Gasteiger partial charge in [-0.2, -0.15) is 0 Å². The molecule has 0 aliphatic carbocycles. The first-order valence-corrected chi connectivity index (χ1v) is 5.54. The number of hydrogen-bond acceptors (Lipinski definition) is 6. The standard InChI is InChI=1S/C10H18BN3O3/c1-3-17-5-4-13-10-9(12-2)6-8(7-14-10)11(15)16/h6-7,12,15-16H,3-5H2,1-2H3,(H,13,14). The lowest BCUT2D eigenvalue weighted by Gasteiger charge is -2.12. The van der Waals surface area contributed by atoms with Crippen LogP contribution in [0.2, 0.25) is 0 Å². The van der Waals surface area contributed by atoms with Crippen molar-refractivity contribution in [3.05, 3.63) is 12.3 Å². The lowest BCUT2D eigenvalue weighted by atomic mass is 9.81. The number of rotatable bonds is 7. The molecule has 0 atom stereocenters. The monoisotopic (exact) mass is 239 g/mol. The van der Waals surface area contributed by atoms with E-state index < -0.39 is 7.12 Å². The number of anilines is 2. The van der Waals surface area contributed by atoms with Gasteiger partial charge in [0.05, 0.1) is 12.3 Å². The molecular weight excluding hydrogens is 221 g/mol. The van der Waals surface area contributed by atoms with E-state index in [0.29, 0.717) is 36.7 Å². The van der Waals surface area contributed by atoms with Crippen LogP contribution in [-0.4, -0.2) is 49.0 Å². The maximum absolute atomic E-state index is 9.03. The summed E-state index contributed by atoms with van der Waals surface area (Å²) in [6.45, 7) is 3.88. The van der Waals surface area contributed by atoms with Crippen molar-refractivity contribution < 1.29 is 14.8 Å². The van der Waals surface area contributed by atoms with Gasteiger partial charge in [0.25, 0.3) is 0 Å². The van der Waals surface area contributed by atoms with Gasteiger partial charge in [-0.25, -0.2) is 4.98 Å². The van der Waals surface area contributed by atoms with Gasteiger partial charge < -0.3 is 25.4 Å². The third-order valence-corrected chi connectivity index (χ3v) is 2.22. The molecule has 1 rings (SSSR count). The number of aromatic nitrogens is 1. The van der Waals surface area contributed by atoms with Gasteiger partial charge in [-0.3, -0.25) is 0 Å². The van der Waals surface area contributed by atoms with E-state index in [1.54, 1.807) is 13.1 Å². The second kappa shape index (κ2) is 7.11. The van der Waals surface area contributed by atoms with E-state index >= 15 is 0 Å². The number of nitrogens with zero attached hydrogens (tertiary/aromatic N) is 1. The zero-order valence-electron chi connectivity index (χ0n) is 10.1. The number of ether oxygens (including phenoxy) is 1. The number of hydrogen-bond donors (Lipinski definition) is 4. The SMILES string of the molecule is CCOCCNc1ncc(B(O)O)cc1NC. The van der Waals surface area contributed by atoms with Crippen molar-refractivity contribution in [2.45, 2.75) is 6.92 Å². The van der Waals surface area contributed by atoms with Gasteiger partial charge in [-0.1, -0.05) is 0 Å². The van der Waals surface area contributed by atoms with Crippen molar-refractivity contribution >= 4 is 24.1 Å². The fourth-order valence-corrected chi connectivity index (χ4v) is 1.34. The molecule has 0 saturated carbocycles. The van der Waals surface area contributed by atoms with Gasteiger partial charge in [0, 0.05) is 31.9 Å². The summed E-state index contributed by atoms with van der Waals surface area (Å²) in [5, 5.41) is 24.1. The summed E-state index contributed by atoms with van der Waals surface area (Å²) in [7, 11) is 0.241. The van der Waals surface area contributed by atoms with Crippen LogP contribution in [0.1, 0.15) is 6.92 Å². The van der Waals surface area contributed by atoms with Crippen LogP contribution in [0.3, 0.4) is 0 Å². The summed E-state index contributed by atoms with van der Waals surface area (Å²) in [4.78, 5) is 4.12. The van der Waals surface area contributed by atoms with Crippen molar-refractivity contribution in [2.75, 3.05) is 37.4 Å². The molecule has 0 bridgehead atoms. The molecule has 0 spiro atoms. The molecule has 17 heavy (non-hydrogen) atoms. The summed E-state index contributed by atoms with van der Waals surface area (Å²) >= 11 is 0. The zero-order valence-corrected chi connectivity index (χ0v) is 10.1. The predicted octanol–water partition coefficient (Wildman–Crippen LogP) is -0.748. The van der Waals surface area contributed by atoms with Crippen LogP contribution in [-0.2, 0) is 4.74 Å². The Morgan fingerprint density at radius 2 is 2.24 bits per heavy atom. The summed E-state index contributed by atoms with van der Waals surface area (Å²) < 4.78 is 5.20. The maximum Gasteiger partial charge on any atom is 0.490 e. The summed E-state index contributed by atoms with van der Waals surface area (Å²) in [5.74, 6) is 0.664. The maximum atomic E-state index is 9.03. The second-order valence-corrected chi connectivity index (χ2v) is 3.41. The highest BCUT2D eigenvalue weighted by molar-refractivity contribution is 6.58. The van der Waals surface area contributed by atoms with Crippen molar-refractivity contribution in [1.82, 2.24) is 4.98 Å². The largest absolute Gasteiger partial charge is 0.490 e. The normalized spacial score (nSPS) is 10.1. The Morgan fingerprint density at radius 1 is 1.47 bits per heavy atom. The molecule has 1 heterocycles. The quantitative estimate of drug-likeness (QED) is 0.370. The Morgan fingerprint density at radius 3 is 2.82 bits per heavy atom. The Bertz CT molecular complexity index is 350. The molecule has 4 N–H and O–H groups in total. The zero-order chi connectivity index (χ0) is 12.7. The van der Waals surface area contributed by atoms with Gasteiger partial charge in [-0.15, -0.1) is 0 Å². The molecule has 0 aliphatic rings. The Hall–Kier alpha value is -1.31. The van der Waals surface area contributed by atoms with Crippen LogP contribution >= 0.6 is 0 Å². The summed E-state index contributed by atoms with van der Waals surface area (Å²) in [5.41, 5.74) is 1.07. The molecule has 0 aliphatic heterocycles. The van der Waals surface area contributed by atoms with Gasteiger partial charge >= 0.3 is 7.12 Å². The predicted molar refractivity (Wildman–Crippen MR) is 68.6 cm³/mol. The molecule has 6 nitrogen and oxygen atoms in total. The van der Waals surface area contributed by atoms with E-state index in [1.165, 1.54) is 6.20 Å². The highest BCUT2D eigenvalue weighted by atomic mass is 16.5. The number of nitrogens with one attached hydrogen (secondary N) is 2. The van der Waals surface area contributed by atoms with Gasteiger partial charge in [0.1, 0.15) is 5.82 Å². The molecule has 0 radical (unpaired) electrons. The lowest BCUT2D eigenvalue weighted by molar-refractivity contribution is 0.158. The molecule has 1 aromatic heterocycles. The van der Waals surface area contributed by atoms with Crippen LogP contribution in [0.15, 0.2) is 12.3 Å².